The van der Waals surface area contributed by atoms with Crippen LogP contribution >= 0.6 is 0 Å². The Bertz CT molecular complexity index is 31.2. The minimum atomic E-state index is -2.28. The molecule has 3 nitrogen and oxygen atoms in total. The SMILES string of the molecule is OB(O)OF.[H-].[H-].[Sr+2]. The third-order valence-electron chi connectivity index (χ3n) is 0.0797. The fourth-order valence-electron chi connectivity index (χ4n) is 0. The van der Waals surface area contributed by atoms with Gasteiger partial charge < -0.3 is 12.9 Å². The Morgan fingerprint density at radius 1 is 1.67 bits per heavy atom. The largest absolute Gasteiger partial charge is 2.00 e. The summed E-state index contributed by atoms with van der Waals surface area (Å²) in [6.07, 6.45) is 0. The van der Waals surface area contributed by atoms with Crippen molar-refractivity contribution in [3.63, 3.8) is 0 Å². The van der Waals surface area contributed by atoms with Gasteiger partial charge in [0, 0.05) is 0 Å². The third kappa shape index (κ3) is 9.02. The molecule has 0 unspecified atom stereocenters. The molecule has 0 aromatic carbocycles. The van der Waals surface area contributed by atoms with Gasteiger partial charge in [0.2, 0.25) is 0 Å². The number of hydrogen-bond acceptors (Lipinski definition) is 3. The summed E-state index contributed by atoms with van der Waals surface area (Å²) in [7, 11) is -2.28. The van der Waals surface area contributed by atoms with Gasteiger partial charge in [-0.15, -0.1) is 0 Å². The van der Waals surface area contributed by atoms with Gasteiger partial charge in [-0.25, -0.2) is 0 Å². The zero-order valence-corrected chi connectivity index (χ0v) is 6.44. The van der Waals surface area contributed by atoms with Crippen LogP contribution in [0.1, 0.15) is 2.85 Å². The van der Waals surface area contributed by atoms with E-state index in [9.17, 15) is 4.53 Å². The molecule has 6 heteroatoms. The van der Waals surface area contributed by atoms with Crippen LogP contribution in [0.2, 0.25) is 0 Å². The van der Waals surface area contributed by atoms with E-state index in [-0.39, 0.29) is 48.3 Å². The molecule has 6 heavy (non-hydrogen) atoms. The van der Waals surface area contributed by atoms with Gasteiger partial charge in [-0.2, -0.15) is 4.86 Å². The van der Waals surface area contributed by atoms with Crippen LogP contribution in [-0.2, 0) is 4.86 Å². The van der Waals surface area contributed by atoms with Gasteiger partial charge >= 0.3 is 52.8 Å². The summed E-state index contributed by atoms with van der Waals surface area (Å²) in [5.41, 5.74) is 0. The quantitative estimate of drug-likeness (QED) is 0.480. The maximum absolute atomic E-state index is 10.1. The van der Waals surface area contributed by atoms with Crippen molar-refractivity contribution >= 4 is 52.8 Å². The van der Waals surface area contributed by atoms with Crippen LogP contribution in [0.15, 0.2) is 0 Å². The van der Waals surface area contributed by atoms with Gasteiger partial charge in [0.05, 0.1) is 0 Å². The van der Waals surface area contributed by atoms with Crippen molar-refractivity contribution < 1.29 is 22.3 Å². The molecule has 0 saturated carbocycles. The van der Waals surface area contributed by atoms with E-state index in [1.54, 1.807) is 0 Å². The molecule has 0 fully saturated rings. The maximum atomic E-state index is 10.1. The van der Waals surface area contributed by atoms with Crippen LogP contribution < -0.4 is 0 Å². The third-order valence-corrected chi connectivity index (χ3v) is 0.0797. The van der Waals surface area contributed by atoms with Gasteiger partial charge in [-0.05, 0) is 0 Å². The van der Waals surface area contributed by atoms with E-state index in [1.165, 1.54) is 0 Å². The first kappa shape index (κ1) is 10.4. The molecule has 0 aliphatic carbocycles. The molecule has 0 amide bonds. The molecule has 0 atom stereocenters. The van der Waals surface area contributed by atoms with Crippen LogP contribution in [0.3, 0.4) is 0 Å². The monoisotopic (exact) mass is 170 g/mol. The van der Waals surface area contributed by atoms with Gasteiger partial charge in [-0.3, -0.25) is 0 Å². The summed E-state index contributed by atoms with van der Waals surface area (Å²) in [5, 5.41) is 14.6. The fourth-order valence-corrected chi connectivity index (χ4v) is 0. The molecule has 0 aromatic heterocycles. The van der Waals surface area contributed by atoms with E-state index >= 15 is 0 Å². The average molecular weight is 169 g/mol. The van der Waals surface area contributed by atoms with E-state index in [0.29, 0.717) is 0 Å². The molecule has 2 N–H and O–H groups in total. The van der Waals surface area contributed by atoms with Crippen molar-refractivity contribution in [1.82, 2.24) is 0 Å². The zero-order valence-electron chi connectivity index (χ0n) is 4.97. The minimum Gasteiger partial charge on any atom is -1.00 e. The number of rotatable bonds is 1. The Balaban J connectivity index is -0.0000000267. The van der Waals surface area contributed by atoms with E-state index in [2.05, 4.69) is 4.86 Å². The standard InChI is InChI=1S/BFH2O3.Sr.2H/c2-5-1(3)4;;;/h3-4H;;;/q;+2;2*-1. The molecule has 0 aliphatic heterocycles. The van der Waals surface area contributed by atoms with Crippen LogP contribution in [0, 0.1) is 0 Å². The van der Waals surface area contributed by atoms with Crippen molar-refractivity contribution in [2.75, 3.05) is 0 Å². The molecular weight excluding hydrogens is 165 g/mol. The van der Waals surface area contributed by atoms with Crippen LogP contribution in [0.4, 0.5) is 4.53 Å². The first-order valence-corrected chi connectivity index (χ1v) is 0.906. The molecule has 34 valence electrons. The van der Waals surface area contributed by atoms with Gasteiger partial charge in [0.15, 0.2) is 0 Å². The van der Waals surface area contributed by atoms with Crippen molar-refractivity contribution in [1.29, 1.82) is 0 Å². The molecule has 0 aromatic rings. The van der Waals surface area contributed by atoms with Crippen molar-refractivity contribution in [3.8, 4) is 0 Å². The smallest absolute Gasteiger partial charge is 1.00 e. The van der Waals surface area contributed by atoms with Gasteiger partial charge in [0.1, 0.15) is 0 Å². The first-order chi connectivity index (χ1) is 2.27. The van der Waals surface area contributed by atoms with Crippen molar-refractivity contribution in [2.24, 2.45) is 0 Å². The van der Waals surface area contributed by atoms with Crippen molar-refractivity contribution in [2.45, 2.75) is 0 Å². The predicted molar refractivity (Wildman–Crippen MR) is 20.4 cm³/mol. The Morgan fingerprint density at radius 2 is 1.83 bits per heavy atom. The van der Waals surface area contributed by atoms with Gasteiger partial charge in [0.25, 0.3) is 0 Å². The van der Waals surface area contributed by atoms with E-state index < -0.39 is 7.32 Å². The van der Waals surface area contributed by atoms with Crippen LogP contribution in [0.25, 0.3) is 0 Å². The minimum absolute atomic E-state index is 0. The molecule has 0 aliphatic rings. The summed E-state index contributed by atoms with van der Waals surface area (Å²) in [4.78, 5) is 2.36. The average Bonchev–Trinajstić information content (AvgIpc) is 1.38. The van der Waals surface area contributed by atoms with E-state index in [1.807, 2.05) is 0 Å². The summed E-state index contributed by atoms with van der Waals surface area (Å²) in [6.45, 7) is 0. The molecule has 0 spiro atoms. The van der Waals surface area contributed by atoms with Gasteiger partial charge in [-0.1, -0.05) is 4.53 Å². The molecule has 0 bridgehead atoms. The molecular formula is H4BFO3Sr. The Hall–Kier alpha value is 1.36. The number of halogens is 1. The first-order valence-electron chi connectivity index (χ1n) is 0.906. The summed E-state index contributed by atoms with van der Waals surface area (Å²) >= 11 is 0. The zero-order chi connectivity index (χ0) is 4.28. The Labute approximate surface area is 74.4 Å². The molecule has 0 saturated heterocycles. The van der Waals surface area contributed by atoms with E-state index in [0.717, 1.165) is 0 Å². The van der Waals surface area contributed by atoms with Crippen LogP contribution in [0.5, 0.6) is 0 Å². The second kappa shape index (κ2) is 6.36. The van der Waals surface area contributed by atoms with Crippen LogP contribution in [-0.4, -0.2) is 62.9 Å². The second-order valence-corrected chi connectivity index (χ2v) is 0.415. The molecule has 0 radical (unpaired) electrons. The summed E-state index contributed by atoms with van der Waals surface area (Å²) in [5.74, 6) is 0. The maximum Gasteiger partial charge on any atom is 2.00 e. The summed E-state index contributed by atoms with van der Waals surface area (Å²) < 4.78 is 10.1. The second-order valence-electron chi connectivity index (χ2n) is 0.415. The van der Waals surface area contributed by atoms with Crippen molar-refractivity contribution in [3.05, 3.63) is 0 Å². The topological polar surface area (TPSA) is 49.7 Å². The predicted octanol–water partition coefficient (Wildman–Crippen LogP) is -1.30. The molecule has 0 heterocycles. The van der Waals surface area contributed by atoms with E-state index in [4.69, 9.17) is 10.0 Å². The Kier molecular flexibility index (Phi) is 11.0. The molecule has 0 rings (SSSR count). The Morgan fingerprint density at radius 3 is 1.83 bits per heavy atom. The summed E-state index contributed by atoms with van der Waals surface area (Å²) in [6, 6.07) is 0. The fraction of sp³-hybridized carbons (Fsp3) is 0. The normalized spacial score (nSPS) is 6.50. The number of hydrogen-bond donors (Lipinski definition) is 2.